The Morgan fingerprint density at radius 3 is 2.31 bits per heavy atom. The van der Waals surface area contributed by atoms with Crippen molar-refractivity contribution in [2.24, 2.45) is 0 Å². The summed E-state index contributed by atoms with van der Waals surface area (Å²) in [6.07, 6.45) is 2.87. The number of carboxylic acid groups (broad SMARTS) is 1. The molecule has 0 saturated carbocycles. The van der Waals surface area contributed by atoms with Gasteiger partial charge in [0.15, 0.2) is 0 Å². The first kappa shape index (κ1) is 19.8. The molecule has 0 aromatic heterocycles. The van der Waals surface area contributed by atoms with Crippen LogP contribution in [0.3, 0.4) is 0 Å². The van der Waals surface area contributed by atoms with Gasteiger partial charge in [0, 0.05) is 12.0 Å². The largest absolute Gasteiger partial charge is 0.496 e. The number of carbonyl (C=O) groups is 1. The lowest BCUT2D eigenvalue weighted by atomic mass is 9.84. The third-order valence-electron chi connectivity index (χ3n) is 4.45. The number of aliphatic carboxylic acids is 1. The fraction of sp³-hybridized carbons (Fsp3) is 0.348. The Bertz CT molecular complexity index is 793. The number of hydrogen-bond donors (Lipinski definition) is 1. The Kier molecular flexibility index (Phi) is 6.25. The first-order chi connectivity index (χ1) is 12.2. The minimum atomic E-state index is -0.765. The van der Waals surface area contributed by atoms with Crippen LogP contribution in [0, 0.1) is 0 Å². The third kappa shape index (κ3) is 5.22. The third-order valence-corrected chi connectivity index (χ3v) is 4.45. The highest BCUT2D eigenvalue weighted by Gasteiger charge is 2.19. The summed E-state index contributed by atoms with van der Waals surface area (Å²) in [7, 11) is 1.71. The van der Waals surface area contributed by atoms with Gasteiger partial charge in [-0.3, -0.25) is 4.79 Å². The van der Waals surface area contributed by atoms with E-state index in [9.17, 15) is 4.79 Å². The highest BCUT2D eigenvalue weighted by Crippen LogP contribution is 2.34. The van der Waals surface area contributed by atoms with Crippen molar-refractivity contribution in [3.63, 3.8) is 0 Å². The molecule has 2 aromatic rings. The molecule has 0 radical (unpaired) electrons. The van der Waals surface area contributed by atoms with Crippen LogP contribution in [0.15, 0.2) is 42.5 Å². The molecule has 3 heteroatoms. The zero-order valence-corrected chi connectivity index (χ0v) is 16.3. The number of carboxylic acids is 1. The summed E-state index contributed by atoms with van der Waals surface area (Å²) in [6, 6.07) is 14.4. The maximum absolute atomic E-state index is 10.7. The quantitative estimate of drug-likeness (QED) is 0.691. The Labute approximate surface area is 156 Å². The molecule has 2 rings (SSSR count). The number of rotatable bonds is 6. The molecule has 1 N–H and O–H groups in total. The van der Waals surface area contributed by atoms with E-state index in [0.29, 0.717) is 6.42 Å². The molecule has 0 fully saturated rings. The summed E-state index contributed by atoms with van der Waals surface area (Å²) in [4.78, 5) is 10.7. The SMILES string of the molecule is COc1ccc(/C(C)=C/c2ccc(CCC(=O)O)cc2)cc1C(C)(C)C. The standard InChI is InChI=1S/C23H28O3/c1-16(14-18-8-6-17(7-9-18)10-13-22(24)25)19-11-12-21(26-5)20(15-19)23(2,3)4/h6-9,11-12,14-15H,10,13H2,1-5H3,(H,24,25)/b16-14+. The van der Waals surface area contributed by atoms with Gasteiger partial charge in [-0.15, -0.1) is 0 Å². The van der Waals surface area contributed by atoms with Crippen LogP contribution >= 0.6 is 0 Å². The summed E-state index contributed by atoms with van der Waals surface area (Å²) < 4.78 is 5.52. The fourth-order valence-electron chi connectivity index (χ4n) is 2.90. The van der Waals surface area contributed by atoms with E-state index in [0.717, 1.165) is 16.9 Å². The van der Waals surface area contributed by atoms with Crippen LogP contribution in [0.25, 0.3) is 11.6 Å². The second-order valence-electron chi connectivity index (χ2n) is 7.63. The van der Waals surface area contributed by atoms with Crippen LogP contribution in [0.1, 0.15) is 56.4 Å². The monoisotopic (exact) mass is 352 g/mol. The van der Waals surface area contributed by atoms with Gasteiger partial charge in [-0.05, 0) is 53.2 Å². The Morgan fingerprint density at radius 2 is 1.77 bits per heavy atom. The summed E-state index contributed by atoms with van der Waals surface area (Å²) in [5.74, 6) is 0.149. The molecule has 138 valence electrons. The van der Waals surface area contributed by atoms with Crippen molar-refractivity contribution in [3.05, 3.63) is 64.7 Å². The molecule has 0 aliphatic carbocycles. The van der Waals surface area contributed by atoms with Gasteiger partial charge in [-0.1, -0.05) is 57.2 Å². The van der Waals surface area contributed by atoms with Crippen LogP contribution in [-0.4, -0.2) is 18.2 Å². The smallest absolute Gasteiger partial charge is 0.303 e. The van der Waals surface area contributed by atoms with E-state index in [1.807, 2.05) is 30.3 Å². The molecule has 0 amide bonds. The van der Waals surface area contributed by atoms with E-state index in [4.69, 9.17) is 9.84 Å². The molecule has 3 nitrogen and oxygen atoms in total. The summed E-state index contributed by atoms with van der Waals surface area (Å²) in [5.41, 5.74) is 5.70. The minimum Gasteiger partial charge on any atom is -0.496 e. The van der Waals surface area contributed by atoms with Crippen LogP contribution in [0.5, 0.6) is 5.75 Å². The molecular formula is C23H28O3. The lowest BCUT2D eigenvalue weighted by molar-refractivity contribution is -0.136. The van der Waals surface area contributed by atoms with Gasteiger partial charge in [0.25, 0.3) is 0 Å². The summed E-state index contributed by atoms with van der Waals surface area (Å²) in [6.45, 7) is 8.66. The number of allylic oxidation sites excluding steroid dienone is 1. The molecule has 0 aliphatic heterocycles. The lowest BCUT2D eigenvalue weighted by Gasteiger charge is -2.23. The summed E-state index contributed by atoms with van der Waals surface area (Å²) >= 11 is 0. The van der Waals surface area contributed by atoms with Crippen molar-refractivity contribution >= 4 is 17.6 Å². The summed E-state index contributed by atoms with van der Waals surface area (Å²) in [5, 5.41) is 8.77. The molecule has 0 unspecified atom stereocenters. The number of ether oxygens (including phenoxy) is 1. The molecule has 0 aliphatic rings. The van der Waals surface area contributed by atoms with E-state index in [1.54, 1.807) is 7.11 Å². The van der Waals surface area contributed by atoms with E-state index in [1.165, 1.54) is 16.7 Å². The van der Waals surface area contributed by atoms with E-state index >= 15 is 0 Å². The fourth-order valence-corrected chi connectivity index (χ4v) is 2.90. The molecule has 0 bridgehead atoms. The molecule has 0 atom stereocenters. The zero-order chi connectivity index (χ0) is 19.3. The average Bonchev–Trinajstić information content (AvgIpc) is 2.59. The normalized spacial score (nSPS) is 12.1. The molecule has 26 heavy (non-hydrogen) atoms. The Balaban J connectivity index is 2.25. The molecule has 2 aromatic carbocycles. The lowest BCUT2D eigenvalue weighted by Crippen LogP contribution is -2.13. The van der Waals surface area contributed by atoms with E-state index in [2.05, 4.69) is 45.9 Å². The van der Waals surface area contributed by atoms with Crippen molar-refractivity contribution in [1.82, 2.24) is 0 Å². The molecule has 0 heterocycles. The van der Waals surface area contributed by atoms with Gasteiger partial charge in [-0.25, -0.2) is 0 Å². The highest BCUT2D eigenvalue weighted by molar-refractivity contribution is 5.80. The van der Waals surface area contributed by atoms with Gasteiger partial charge in [0.2, 0.25) is 0 Å². The number of methoxy groups -OCH3 is 1. The maximum Gasteiger partial charge on any atom is 0.303 e. The second-order valence-corrected chi connectivity index (χ2v) is 7.63. The average molecular weight is 352 g/mol. The topological polar surface area (TPSA) is 46.5 Å². The van der Waals surface area contributed by atoms with E-state index < -0.39 is 5.97 Å². The van der Waals surface area contributed by atoms with Crippen molar-refractivity contribution in [1.29, 1.82) is 0 Å². The Hall–Kier alpha value is -2.55. The number of hydrogen-bond acceptors (Lipinski definition) is 2. The molecule has 0 spiro atoms. The highest BCUT2D eigenvalue weighted by atomic mass is 16.5. The van der Waals surface area contributed by atoms with Crippen LogP contribution in [0.4, 0.5) is 0 Å². The van der Waals surface area contributed by atoms with E-state index in [-0.39, 0.29) is 11.8 Å². The predicted octanol–water partition coefficient (Wildman–Crippen LogP) is 5.57. The van der Waals surface area contributed by atoms with Gasteiger partial charge in [0.05, 0.1) is 7.11 Å². The molecular weight excluding hydrogens is 324 g/mol. The van der Waals surface area contributed by atoms with Gasteiger partial charge < -0.3 is 9.84 Å². The first-order valence-corrected chi connectivity index (χ1v) is 8.88. The Morgan fingerprint density at radius 1 is 1.12 bits per heavy atom. The van der Waals surface area contributed by atoms with Crippen molar-refractivity contribution in [2.45, 2.75) is 46.0 Å². The first-order valence-electron chi connectivity index (χ1n) is 8.88. The molecule has 0 saturated heterocycles. The predicted molar refractivity (Wildman–Crippen MR) is 108 cm³/mol. The van der Waals surface area contributed by atoms with Crippen molar-refractivity contribution in [2.75, 3.05) is 7.11 Å². The minimum absolute atomic E-state index is 0.00736. The van der Waals surface area contributed by atoms with Crippen LogP contribution in [-0.2, 0) is 16.6 Å². The van der Waals surface area contributed by atoms with Crippen LogP contribution < -0.4 is 4.74 Å². The van der Waals surface area contributed by atoms with Crippen molar-refractivity contribution in [3.8, 4) is 5.75 Å². The van der Waals surface area contributed by atoms with Crippen molar-refractivity contribution < 1.29 is 14.6 Å². The maximum atomic E-state index is 10.7. The zero-order valence-electron chi connectivity index (χ0n) is 16.3. The van der Waals surface area contributed by atoms with Gasteiger partial charge in [-0.2, -0.15) is 0 Å². The number of aryl methyl sites for hydroxylation is 1. The van der Waals surface area contributed by atoms with Gasteiger partial charge >= 0.3 is 5.97 Å². The van der Waals surface area contributed by atoms with Gasteiger partial charge in [0.1, 0.15) is 5.75 Å². The number of benzene rings is 2. The van der Waals surface area contributed by atoms with Crippen LogP contribution in [0.2, 0.25) is 0 Å². The second kappa shape index (κ2) is 8.22.